The van der Waals surface area contributed by atoms with Gasteiger partial charge in [0.15, 0.2) is 11.3 Å². The van der Waals surface area contributed by atoms with Gasteiger partial charge in [-0.25, -0.2) is 9.78 Å². The van der Waals surface area contributed by atoms with Crippen LogP contribution in [0.25, 0.3) is 17.1 Å². The van der Waals surface area contributed by atoms with Crippen molar-refractivity contribution >= 4 is 34.5 Å². The Balaban J connectivity index is 1.66. The number of rotatable bonds is 6. The number of carboxylic acid groups (broad SMARTS) is 1. The van der Waals surface area contributed by atoms with Crippen molar-refractivity contribution in [3.05, 3.63) is 76.6 Å². The number of nitrogens with zero attached hydrogens (tertiary/aromatic N) is 1. The number of ether oxygens (including phenoxy) is 1. The van der Waals surface area contributed by atoms with Gasteiger partial charge in [0, 0.05) is 35.6 Å². The van der Waals surface area contributed by atoms with E-state index in [4.69, 9.17) is 4.74 Å². The Morgan fingerprint density at radius 1 is 1.33 bits per heavy atom. The molecule has 2 aromatic heterocycles. The fraction of sp³-hybridized carbons (Fsp3) is 0.136. The predicted octanol–water partition coefficient (Wildman–Crippen LogP) is 2.94. The average molecular weight is 404 g/mol. The number of pyridine rings is 1. The lowest BCUT2D eigenvalue weighted by atomic mass is 10.1. The molecule has 8 heteroatoms. The largest absolute Gasteiger partial charge is 0.477 e. The van der Waals surface area contributed by atoms with Crippen molar-refractivity contribution in [3.8, 4) is 0 Å². The van der Waals surface area contributed by atoms with Crippen LogP contribution in [0.3, 0.4) is 0 Å². The van der Waals surface area contributed by atoms with E-state index >= 15 is 0 Å². The number of nitrogens with one attached hydrogen (secondary N) is 3. The fourth-order valence-electron chi connectivity index (χ4n) is 3.35. The molecule has 0 fully saturated rings. The van der Waals surface area contributed by atoms with E-state index < -0.39 is 17.3 Å². The zero-order valence-corrected chi connectivity index (χ0v) is 16.4. The topological polar surface area (TPSA) is 116 Å². The number of H-pyrrole nitrogens is 1. The summed E-state index contributed by atoms with van der Waals surface area (Å²) in [7, 11) is 1.86. The lowest BCUT2D eigenvalue weighted by Gasteiger charge is -2.12. The summed E-state index contributed by atoms with van der Waals surface area (Å²) in [5, 5.41) is 16.4. The second-order valence-electron chi connectivity index (χ2n) is 6.90. The molecule has 1 aromatic carbocycles. The second-order valence-corrected chi connectivity index (χ2v) is 6.90. The van der Waals surface area contributed by atoms with Crippen molar-refractivity contribution < 1.29 is 19.4 Å². The monoisotopic (exact) mass is 404 g/mol. The van der Waals surface area contributed by atoms with E-state index in [1.165, 1.54) is 6.08 Å². The number of hydrogen-bond acceptors (Lipinski definition) is 6. The third-order valence-electron chi connectivity index (χ3n) is 4.79. The van der Waals surface area contributed by atoms with E-state index in [9.17, 15) is 14.7 Å². The molecule has 152 valence electrons. The Bertz CT molecular complexity index is 1220. The van der Waals surface area contributed by atoms with Gasteiger partial charge >= 0.3 is 5.97 Å². The lowest BCUT2D eigenvalue weighted by molar-refractivity contribution is -0.134. The van der Waals surface area contributed by atoms with E-state index in [2.05, 4.69) is 20.6 Å². The Labute approximate surface area is 172 Å². The number of carbonyl (C=O) groups is 2. The number of fused-ring (bicyclic) bond motifs is 1. The summed E-state index contributed by atoms with van der Waals surface area (Å²) in [5.74, 6) is -2.20. The highest BCUT2D eigenvalue weighted by atomic mass is 16.5. The van der Waals surface area contributed by atoms with Crippen LogP contribution in [0.4, 0.5) is 5.69 Å². The van der Waals surface area contributed by atoms with Gasteiger partial charge in [0.2, 0.25) is 11.7 Å². The number of allylic oxidation sites excluding steroid dienone is 1. The Morgan fingerprint density at radius 3 is 2.90 bits per heavy atom. The number of aliphatic carboxylic acids is 1. The Kier molecular flexibility index (Phi) is 5.07. The highest BCUT2D eigenvalue weighted by molar-refractivity contribution is 6.26. The summed E-state index contributed by atoms with van der Waals surface area (Å²) in [6.07, 6.45) is 4.87. The number of aromatic amines is 1. The van der Waals surface area contributed by atoms with Crippen LogP contribution in [0.2, 0.25) is 0 Å². The number of benzene rings is 1. The maximum absolute atomic E-state index is 12.7. The third kappa shape index (κ3) is 3.56. The molecule has 30 heavy (non-hydrogen) atoms. The minimum absolute atomic E-state index is 0.0656. The van der Waals surface area contributed by atoms with Crippen LogP contribution in [0.1, 0.15) is 16.7 Å². The zero-order chi connectivity index (χ0) is 21.3. The van der Waals surface area contributed by atoms with Crippen molar-refractivity contribution in [1.82, 2.24) is 15.3 Å². The molecule has 0 unspecified atom stereocenters. The molecule has 0 bridgehead atoms. The first-order valence-corrected chi connectivity index (χ1v) is 9.33. The molecule has 0 atom stereocenters. The summed E-state index contributed by atoms with van der Waals surface area (Å²) >= 11 is 0. The molecule has 1 aliphatic heterocycles. The Hall–Kier alpha value is -3.91. The summed E-state index contributed by atoms with van der Waals surface area (Å²) in [4.78, 5) is 31.7. The number of ketones is 1. The molecular formula is C22H20N4O4. The second kappa shape index (κ2) is 7.84. The normalized spacial score (nSPS) is 15.1. The van der Waals surface area contributed by atoms with Crippen molar-refractivity contribution in [2.75, 3.05) is 12.4 Å². The first kappa shape index (κ1) is 19.4. The molecule has 8 nitrogen and oxygen atoms in total. The van der Waals surface area contributed by atoms with Crippen molar-refractivity contribution in [2.24, 2.45) is 0 Å². The van der Waals surface area contributed by atoms with Crippen LogP contribution in [-0.2, 0) is 20.9 Å². The molecule has 1 aliphatic rings. The molecule has 4 rings (SSSR count). The van der Waals surface area contributed by atoms with E-state index in [-0.39, 0.29) is 11.6 Å². The van der Waals surface area contributed by atoms with Crippen LogP contribution in [-0.4, -0.2) is 33.9 Å². The molecule has 4 N–H and O–H groups in total. The van der Waals surface area contributed by atoms with E-state index in [0.29, 0.717) is 23.4 Å². The molecule has 0 spiro atoms. The van der Waals surface area contributed by atoms with Gasteiger partial charge in [0.25, 0.3) is 0 Å². The van der Waals surface area contributed by atoms with Crippen LogP contribution in [0, 0.1) is 6.92 Å². The van der Waals surface area contributed by atoms with Crippen molar-refractivity contribution in [3.63, 3.8) is 0 Å². The molecule has 0 saturated heterocycles. The third-order valence-corrected chi connectivity index (χ3v) is 4.79. The van der Waals surface area contributed by atoms with Gasteiger partial charge in [0.05, 0.1) is 0 Å². The molecule has 0 aliphatic carbocycles. The minimum Gasteiger partial charge on any atom is -0.477 e. The van der Waals surface area contributed by atoms with E-state index in [0.717, 1.165) is 16.5 Å². The molecule has 0 saturated carbocycles. The smallest absolute Gasteiger partial charge is 0.345 e. The summed E-state index contributed by atoms with van der Waals surface area (Å²) < 4.78 is 5.66. The maximum atomic E-state index is 12.7. The predicted molar refractivity (Wildman–Crippen MR) is 112 cm³/mol. The zero-order valence-electron chi connectivity index (χ0n) is 16.4. The minimum atomic E-state index is -1.35. The highest BCUT2D eigenvalue weighted by Crippen LogP contribution is 2.30. The summed E-state index contributed by atoms with van der Waals surface area (Å²) in [6.45, 7) is 2.61. The standard InChI is InChI=1S/C22H20N4O4/c1-12-8-13(10-23-2)5-6-16(12)26-21-18(22(28)29)19(27)17(30-21)9-14-11-25-20-15(14)4-3-7-24-20/h3-9,11,23,26H,10H2,1-2H3,(H,24,25)(H,28,29). The number of carboxylic acids is 1. The number of hydrogen-bond donors (Lipinski definition) is 4. The van der Waals surface area contributed by atoms with Crippen LogP contribution in [0.15, 0.2) is 59.9 Å². The highest BCUT2D eigenvalue weighted by Gasteiger charge is 2.36. The van der Waals surface area contributed by atoms with Crippen molar-refractivity contribution in [1.29, 1.82) is 0 Å². The molecule has 3 heterocycles. The summed E-state index contributed by atoms with van der Waals surface area (Å²) in [6, 6.07) is 9.36. The van der Waals surface area contributed by atoms with E-state index in [1.807, 2.05) is 38.2 Å². The van der Waals surface area contributed by atoms with Crippen LogP contribution >= 0.6 is 0 Å². The first-order chi connectivity index (χ1) is 14.5. The van der Waals surface area contributed by atoms with Gasteiger partial charge in [-0.3, -0.25) is 4.79 Å². The fourth-order valence-corrected chi connectivity index (χ4v) is 3.35. The number of Topliss-reactive ketones (excluding diaryl/α,β-unsaturated/α-hetero) is 1. The number of anilines is 1. The summed E-state index contributed by atoms with van der Waals surface area (Å²) in [5.41, 5.74) is 3.56. The quantitative estimate of drug-likeness (QED) is 0.369. The van der Waals surface area contributed by atoms with Crippen molar-refractivity contribution in [2.45, 2.75) is 13.5 Å². The van der Waals surface area contributed by atoms with Gasteiger partial charge < -0.3 is 25.5 Å². The number of aromatic nitrogens is 2. The molecule has 3 aromatic rings. The van der Waals surface area contributed by atoms with Crippen LogP contribution in [0.5, 0.6) is 0 Å². The SMILES string of the molecule is CNCc1ccc(NC2=C(C(=O)O)C(=O)C(=Cc3c[nH]c4ncccc34)O2)c(C)c1. The van der Waals surface area contributed by atoms with Gasteiger partial charge in [-0.15, -0.1) is 0 Å². The number of carbonyl (C=O) groups excluding carboxylic acids is 1. The average Bonchev–Trinajstić information content (AvgIpc) is 3.26. The van der Waals surface area contributed by atoms with E-state index in [1.54, 1.807) is 18.5 Å². The number of aryl methyl sites for hydroxylation is 1. The molecular weight excluding hydrogens is 384 g/mol. The lowest BCUT2D eigenvalue weighted by Crippen LogP contribution is -2.12. The van der Waals surface area contributed by atoms with Crippen LogP contribution < -0.4 is 10.6 Å². The van der Waals surface area contributed by atoms with Gasteiger partial charge in [-0.2, -0.15) is 0 Å². The Morgan fingerprint density at radius 2 is 2.17 bits per heavy atom. The first-order valence-electron chi connectivity index (χ1n) is 9.33. The van der Waals surface area contributed by atoms with Gasteiger partial charge in [-0.05, 0) is 49.4 Å². The maximum Gasteiger partial charge on any atom is 0.345 e. The molecule has 0 radical (unpaired) electrons. The molecule has 0 amide bonds. The van der Waals surface area contributed by atoms with Gasteiger partial charge in [0.1, 0.15) is 5.65 Å². The van der Waals surface area contributed by atoms with Gasteiger partial charge in [-0.1, -0.05) is 12.1 Å².